The molecule has 0 saturated carbocycles. The lowest BCUT2D eigenvalue weighted by molar-refractivity contribution is -0.385. The predicted octanol–water partition coefficient (Wildman–Crippen LogP) is 1.82. The summed E-state index contributed by atoms with van der Waals surface area (Å²) in [5.74, 6) is -0.623. The molecule has 2 rings (SSSR count). The van der Waals surface area contributed by atoms with Crippen molar-refractivity contribution < 1.29 is 18.6 Å². The number of aromatic nitrogens is 2. The molecular weight excluding hydrogens is 283 g/mol. The van der Waals surface area contributed by atoms with Crippen molar-refractivity contribution in [3.63, 3.8) is 0 Å². The van der Waals surface area contributed by atoms with Crippen molar-refractivity contribution in [1.82, 2.24) is 10.1 Å². The molecular formula is C12H13FN4O4. The SMILES string of the molecule is CCOCC(N)c1noc(-c2cc(F)cc([N+](=O)[O-])c2)n1. The number of halogens is 1. The Hall–Kier alpha value is -2.39. The zero-order chi connectivity index (χ0) is 15.4. The molecule has 1 aromatic carbocycles. The van der Waals surface area contributed by atoms with E-state index in [1.807, 2.05) is 6.92 Å². The van der Waals surface area contributed by atoms with Crippen LogP contribution >= 0.6 is 0 Å². The number of hydrogen-bond donors (Lipinski definition) is 1. The molecule has 1 aromatic heterocycles. The first-order valence-electron chi connectivity index (χ1n) is 6.13. The second-order valence-electron chi connectivity index (χ2n) is 4.18. The zero-order valence-electron chi connectivity index (χ0n) is 11.2. The van der Waals surface area contributed by atoms with Gasteiger partial charge in [0.2, 0.25) is 0 Å². The van der Waals surface area contributed by atoms with E-state index in [-0.39, 0.29) is 23.9 Å². The Kier molecular flexibility index (Phi) is 4.55. The van der Waals surface area contributed by atoms with E-state index >= 15 is 0 Å². The van der Waals surface area contributed by atoms with E-state index in [4.69, 9.17) is 15.0 Å². The molecule has 0 amide bonds. The molecule has 0 aliphatic rings. The van der Waals surface area contributed by atoms with Gasteiger partial charge in [0.05, 0.1) is 23.6 Å². The summed E-state index contributed by atoms with van der Waals surface area (Å²) in [5.41, 5.74) is 5.50. The van der Waals surface area contributed by atoms with Crippen LogP contribution in [-0.2, 0) is 4.74 Å². The molecule has 9 heteroatoms. The molecule has 21 heavy (non-hydrogen) atoms. The van der Waals surface area contributed by atoms with Crippen LogP contribution in [0.3, 0.4) is 0 Å². The second-order valence-corrected chi connectivity index (χ2v) is 4.18. The van der Waals surface area contributed by atoms with Gasteiger partial charge in [-0.05, 0) is 13.0 Å². The van der Waals surface area contributed by atoms with E-state index in [0.29, 0.717) is 6.61 Å². The number of benzene rings is 1. The average molecular weight is 296 g/mol. The van der Waals surface area contributed by atoms with Crippen LogP contribution in [0.25, 0.3) is 11.5 Å². The smallest absolute Gasteiger partial charge is 0.273 e. The van der Waals surface area contributed by atoms with Gasteiger partial charge < -0.3 is 15.0 Å². The van der Waals surface area contributed by atoms with Crippen LogP contribution in [0.2, 0.25) is 0 Å². The van der Waals surface area contributed by atoms with Crippen molar-refractivity contribution in [3.8, 4) is 11.5 Å². The number of non-ortho nitro benzene ring substituents is 1. The standard InChI is InChI=1S/C12H13FN4O4/c1-2-20-6-10(14)11-15-12(21-16-11)7-3-8(13)5-9(4-7)17(18)19/h3-5,10H,2,6,14H2,1H3. The lowest BCUT2D eigenvalue weighted by Crippen LogP contribution is -2.18. The first-order chi connectivity index (χ1) is 10.0. The van der Waals surface area contributed by atoms with Gasteiger partial charge in [0.25, 0.3) is 11.6 Å². The van der Waals surface area contributed by atoms with Crippen molar-refractivity contribution in [2.45, 2.75) is 13.0 Å². The third kappa shape index (κ3) is 3.58. The first kappa shape index (κ1) is 15.0. The topological polar surface area (TPSA) is 117 Å². The van der Waals surface area contributed by atoms with Gasteiger partial charge in [0.1, 0.15) is 5.82 Å². The minimum atomic E-state index is -0.766. The van der Waals surface area contributed by atoms with Gasteiger partial charge in [-0.2, -0.15) is 4.98 Å². The number of hydrogen-bond acceptors (Lipinski definition) is 7. The Labute approximate surface area is 118 Å². The molecule has 2 N–H and O–H groups in total. The fourth-order valence-corrected chi connectivity index (χ4v) is 1.63. The van der Waals surface area contributed by atoms with Crippen LogP contribution in [0.5, 0.6) is 0 Å². The fourth-order valence-electron chi connectivity index (χ4n) is 1.63. The molecule has 0 saturated heterocycles. The van der Waals surface area contributed by atoms with E-state index in [9.17, 15) is 14.5 Å². The molecule has 0 radical (unpaired) electrons. The largest absolute Gasteiger partial charge is 0.380 e. The normalized spacial score (nSPS) is 12.3. The highest BCUT2D eigenvalue weighted by Crippen LogP contribution is 2.25. The number of nitro groups is 1. The summed E-state index contributed by atoms with van der Waals surface area (Å²) in [6.07, 6.45) is 0. The molecule has 0 bridgehead atoms. The van der Waals surface area contributed by atoms with Gasteiger partial charge in [-0.3, -0.25) is 10.1 Å². The first-order valence-corrected chi connectivity index (χ1v) is 6.13. The average Bonchev–Trinajstić information content (AvgIpc) is 2.94. The van der Waals surface area contributed by atoms with Crippen molar-refractivity contribution in [2.24, 2.45) is 5.73 Å². The van der Waals surface area contributed by atoms with E-state index in [2.05, 4.69) is 10.1 Å². The van der Waals surface area contributed by atoms with Crippen molar-refractivity contribution in [3.05, 3.63) is 40.0 Å². The molecule has 2 aromatic rings. The molecule has 0 spiro atoms. The highest BCUT2D eigenvalue weighted by Gasteiger charge is 2.18. The van der Waals surface area contributed by atoms with Crippen molar-refractivity contribution in [1.29, 1.82) is 0 Å². The van der Waals surface area contributed by atoms with Gasteiger partial charge in [0, 0.05) is 18.2 Å². The summed E-state index contributed by atoms with van der Waals surface area (Å²) >= 11 is 0. The van der Waals surface area contributed by atoms with E-state index < -0.39 is 22.5 Å². The summed E-state index contributed by atoms with van der Waals surface area (Å²) in [5, 5.41) is 14.4. The third-order valence-electron chi connectivity index (χ3n) is 2.62. The van der Waals surface area contributed by atoms with Gasteiger partial charge in [-0.15, -0.1) is 0 Å². The second kappa shape index (κ2) is 6.37. The van der Waals surface area contributed by atoms with Crippen LogP contribution in [0.4, 0.5) is 10.1 Å². The van der Waals surface area contributed by atoms with Crippen molar-refractivity contribution in [2.75, 3.05) is 13.2 Å². The highest BCUT2D eigenvalue weighted by atomic mass is 19.1. The van der Waals surface area contributed by atoms with Crippen LogP contribution in [0.1, 0.15) is 18.8 Å². The Morgan fingerprint density at radius 3 is 2.95 bits per heavy atom. The molecule has 1 atom stereocenters. The van der Waals surface area contributed by atoms with Crippen LogP contribution in [0, 0.1) is 15.9 Å². The number of nitrogens with zero attached hydrogens (tertiary/aromatic N) is 3. The predicted molar refractivity (Wildman–Crippen MR) is 69.8 cm³/mol. The minimum absolute atomic E-state index is 0.0421. The maximum atomic E-state index is 13.4. The third-order valence-corrected chi connectivity index (χ3v) is 2.62. The molecule has 0 aliphatic carbocycles. The summed E-state index contributed by atoms with van der Waals surface area (Å²) in [6.45, 7) is 2.52. The van der Waals surface area contributed by atoms with Gasteiger partial charge >= 0.3 is 0 Å². The quantitative estimate of drug-likeness (QED) is 0.638. The van der Waals surface area contributed by atoms with Gasteiger partial charge in [-0.1, -0.05) is 5.16 Å². The molecule has 0 fully saturated rings. The summed E-state index contributed by atoms with van der Waals surface area (Å²) in [7, 11) is 0. The monoisotopic (exact) mass is 296 g/mol. The fraction of sp³-hybridized carbons (Fsp3) is 0.333. The lowest BCUT2D eigenvalue weighted by Gasteiger charge is -2.05. The number of nitrogens with two attached hydrogens (primary N) is 1. The van der Waals surface area contributed by atoms with Gasteiger partial charge in [0.15, 0.2) is 5.82 Å². The summed E-state index contributed by atoms with van der Waals surface area (Å²) in [6, 6.07) is 2.43. The Morgan fingerprint density at radius 1 is 1.52 bits per heavy atom. The Balaban J connectivity index is 2.27. The molecule has 112 valence electrons. The molecule has 8 nitrogen and oxygen atoms in total. The van der Waals surface area contributed by atoms with Crippen molar-refractivity contribution >= 4 is 5.69 Å². The lowest BCUT2D eigenvalue weighted by atomic mass is 10.2. The minimum Gasteiger partial charge on any atom is -0.380 e. The van der Waals surface area contributed by atoms with E-state index in [1.165, 1.54) is 0 Å². The molecule has 0 aliphatic heterocycles. The molecule has 1 unspecified atom stereocenters. The van der Waals surface area contributed by atoms with Crippen LogP contribution < -0.4 is 5.73 Å². The van der Waals surface area contributed by atoms with Gasteiger partial charge in [-0.25, -0.2) is 4.39 Å². The summed E-state index contributed by atoms with van der Waals surface area (Å²) < 4.78 is 23.5. The highest BCUT2D eigenvalue weighted by molar-refractivity contribution is 5.57. The number of rotatable bonds is 6. The molecule has 1 heterocycles. The van der Waals surface area contributed by atoms with E-state index in [0.717, 1.165) is 18.2 Å². The summed E-state index contributed by atoms with van der Waals surface area (Å²) in [4.78, 5) is 14.0. The zero-order valence-corrected chi connectivity index (χ0v) is 11.2. The maximum Gasteiger partial charge on any atom is 0.273 e. The number of nitro benzene ring substituents is 1. The van der Waals surface area contributed by atoms with Crippen LogP contribution in [0.15, 0.2) is 22.7 Å². The van der Waals surface area contributed by atoms with E-state index in [1.54, 1.807) is 0 Å². The van der Waals surface area contributed by atoms with Crippen LogP contribution in [-0.4, -0.2) is 28.3 Å². The number of ether oxygens (including phenoxy) is 1. The Bertz CT molecular complexity index is 646. The maximum absolute atomic E-state index is 13.4. The Morgan fingerprint density at radius 2 is 2.29 bits per heavy atom.